The van der Waals surface area contributed by atoms with Crippen molar-refractivity contribution >= 4 is 0 Å². The number of aryl methyl sites for hydroxylation is 2. The number of benzene rings is 1. The standard InChI is InChI=1S/C15H21N3/c1-10-5-7-14(8-6-10)15(11(2)16)18-9-17-12(3)13(18)4/h5-9,11,15H,16H2,1-4H3. The van der Waals surface area contributed by atoms with Gasteiger partial charge in [0.05, 0.1) is 18.1 Å². The van der Waals surface area contributed by atoms with Crippen LogP contribution >= 0.6 is 0 Å². The van der Waals surface area contributed by atoms with Crippen molar-refractivity contribution in [3.8, 4) is 0 Å². The molecule has 0 aliphatic heterocycles. The maximum absolute atomic E-state index is 6.17. The van der Waals surface area contributed by atoms with E-state index in [0.717, 1.165) is 5.69 Å². The first-order valence-electron chi connectivity index (χ1n) is 6.33. The monoisotopic (exact) mass is 243 g/mol. The molecule has 1 aromatic carbocycles. The van der Waals surface area contributed by atoms with Gasteiger partial charge in [0.1, 0.15) is 0 Å². The molecule has 96 valence electrons. The van der Waals surface area contributed by atoms with E-state index in [4.69, 9.17) is 5.73 Å². The van der Waals surface area contributed by atoms with Gasteiger partial charge >= 0.3 is 0 Å². The largest absolute Gasteiger partial charge is 0.326 e. The van der Waals surface area contributed by atoms with Crippen LogP contribution in [0.25, 0.3) is 0 Å². The molecule has 1 aromatic heterocycles. The fraction of sp³-hybridized carbons (Fsp3) is 0.400. The molecule has 0 saturated carbocycles. The smallest absolute Gasteiger partial charge is 0.0957 e. The van der Waals surface area contributed by atoms with Gasteiger partial charge in [-0.2, -0.15) is 0 Å². The number of aromatic nitrogens is 2. The highest BCUT2D eigenvalue weighted by Gasteiger charge is 2.20. The third-order valence-electron chi connectivity index (χ3n) is 3.50. The van der Waals surface area contributed by atoms with Crippen molar-refractivity contribution in [3.05, 3.63) is 53.1 Å². The zero-order valence-corrected chi connectivity index (χ0v) is 11.5. The Labute approximate surface area is 109 Å². The van der Waals surface area contributed by atoms with Gasteiger partial charge in [0.2, 0.25) is 0 Å². The maximum atomic E-state index is 6.17. The molecule has 0 amide bonds. The predicted molar refractivity (Wildman–Crippen MR) is 74.7 cm³/mol. The summed E-state index contributed by atoms with van der Waals surface area (Å²) in [7, 11) is 0. The van der Waals surface area contributed by atoms with Gasteiger partial charge in [-0.05, 0) is 33.3 Å². The molecule has 3 heteroatoms. The lowest BCUT2D eigenvalue weighted by Gasteiger charge is -2.24. The zero-order valence-electron chi connectivity index (χ0n) is 11.5. The minimum absolute atomic E-state index is 0.0417. The third-order valence-corrected chi connectivity index (χ3v) is 3.50. The first-order valence-corrected chi connectivity index (χ1v) is 6.33. The van der Waals surface area contributed by atoms with Gasteiger partial charge in [-0.15, -0.1) is 0 Å². The number of hydrogen-bond donors (Lipinski definition) is 1. The van der Waals surface area contributed by atoms with Gasteiger partial charge < -0.3 is 10.3 Å². The molecule has 2 unspecified atom stereocenters. The van der Waals surface area contributed by atoms with Crippen LogP contribution in [0.2, 0.25) is 0 Å². The lowest BCUT2D eigenvalue weighted by atomic mass is 9.99. The Morgan fingerprint density at radius 3 is 2.17 bits per heavy atom. The van der Waals surface area contributed by atoms with Crippen molar-refractivity contribution in [1.82, 2.24) is 9.55 Å². The Morgan fingerprint density at radius 1 is 1.11 bits per heavy atom. The normalized spacial score (nSPS) is 14.5. The number of hydrogen-bond acceptors (Lipinski definition) is 2. The quantitative estimate of drug-likeness (QED) is 0.900. The molecule has 0 bridgehead atoms. The third kappa shape index (κ3) is 2.31. The fourth-order valence-corrected chi connectivity index (χ4v) is 2.28. The molecule has 0 fully saturated rings. The molecular weight excluding hydrogens is 222 g/mol. The zero-order chi connectivity index (χ0) is 13.3. The second kappa shape index (κ2) is 4.94. The molecule has 18 heavy (non-hydrogen) atoms. The highest BCUT2D eigenvalue weighted by molar-refractivity contribution is 5.27. The van der Waals surface area contributed by atoms with Crippen molar-refractivity contribution in [2.24, 2.45) is 5.73 Å². The van der Waals surface area contributed by atoms with Crippen LogP contribution in [-0.4, -0.2) is 15.6 Å². The molecule has 2 rings (SSSR count). The SMILES string of the molecule is Cc1ccc(C(C(C)N)n2cnc(C)c2C)cc1. The summed E-state index contributed by atoms with van der Waals surface area (Å²) in [4.78, 5) is 4.37. The average Bonchev–Trinajstić information content (AvgIpc) is 2.64. The van der Waals surface area contributed by atoms with Crippen molar-refractivity contribution in [3.63, 3.8) is 0 Å². The van der Waals surface area contributed by atoms with E-state index in [9.17, 15) is 0 Å². The molecule has 2 N–H and O–H groups in total. The molecule has 0 aliphatic rings. The highest BCUT2D eigenvalue weighted by Crippen LogP contribution is 2.24. The van der Waals surface area contributed by atoms with Crippen LogP contribution in [0.15, 0.2) is 30.6 Å². The first kappa shape index (κ1) is 12.8. The summed E-state index contributed by atoms with van der Waals surface area (Å²) in [5, 5.41) is 0. The Bertz CT molecular complexity index is 523. The van der Waals surface area contributed by atoms with Gasteiger partial charge in [0.25, 0.3) is 0 Å². The van der Waals surface area contributed by atoms with Crippen LogP contribution in [0.4, 0.5) is 0 Å². The first-order chi connectivity index (χ1) is 8.50. The van der Waals surface area contributed by atoms with E-state index < -0.39 is 0 Å². The summed E-state index contributed by atoms with van der Waals surface area (Å²) in [6.07, 6.45) is 1.89. The topological polar surface area (TPSA) is 43.8 Å². The van der Waals surface area contributed by atoms with Crippen LogP contribution in [-0.2, 0) is 0 Å². The number of rotatable bonds is 3. The van der Waals surface area contributed by atoms with E-state index in [1.54, 1.807) is 0 Å². The number of nitrogens with zero attached hydrogens (tertiary/aromatic N) is 2. The summed E-state index contributed by atoms with van der Waals surface area (Å²) in [5.41, 5.74) is 10.9. The lowest BCUT2D eigenvalue weighted by Crippen LogP contribution is -2.30. The number of nitrogens with two attached hydrogens (primary N) is 1. The van der Waals surface area contributed by atoms with E-state index in [-0.39, 0.29) is 12.1 Å². The summed E-state index contributed by atoms with van der Waals surface area (Å²) in [6, 6.07) is 8.75. The second-order valence-electron chi connectivity index (χ2n) is 5.04. The van der Waals surface area contributed by atoms with E-state index in [0.29, 0.717) is 0 Å². The Kier molecular flexibility index (Phi) is 3.53. The van der Waals surface area contributed by atoms with Gasteiger partial charge in [-0.25, -0.2) is 4.98 Å². The van der Waals surface area contributed by atoms with E-state index in [1.807, 2.05) is 20.2 Å². The van der Waals surface area contributed by atoms with Gasteiger partial charge in [-0.1, -0.05) is 29.8 Å². The van der Waals surface area contributed by atoms with E-state index in [2.05, 4.69) is 47.7 Å². The molecule has 0 spiro atoms. The van der Waals surface area contributed by atoms with Crippen LogP contribution in [0.5, 0.6) is 0 Å². The van der Waals surface area contributed by atoms with Crippen molar-refractivity contribution in [1.29, 1.82) is 0 Å². The van der Waals surface area contributed by atoms with E-state index in [1.165, 1.54) is 16.8 Å². The molecular formula is C15H21N3. The molecule has 1 heterocycles. The predicted octanol–water partition coefficient (Wildman–Crippen LogP) is 2.74. The molecule has 3 nitrogen and oxygen atoms in total. The van der Waals surface area contributed by atoms with Crippen molar-refractivity contribution in [2.45, 2.75) is 39.8 Å². The summed E-state index contributed by atoms with van der Waals surface area (Å²) in [6.45, 7) is 8.25. The van der Waals surface area contributed by atoms with Crippen LogP contribution in [0.3, 0.4) is 0 Å². The van der Waals surface area contributed by atoms with Gasteiger partial charge in [0, 0.05) is 11.7 Å². The lowest BCUT2D eigenvalue weighted by molar-refractivity contribution is 0.487. The maximum Gasteiger partial charge on any atom is 0.0957 e. The summed E-state index contributed by atoms with van der Waals surface area (Å²) in [5.74, 6) is 0. The van der Waals surface area contributed by atoms with Gasteiger partial charge in [-0.3, -0.25) is 0 Å². The summed E-state index contributed by atoms with van der Waals surface area (Å²) >= 11 is 0. The van der Waals surface area contributed by atoms with E-state index >= 15 is 0 Å². The number of imidazole rings is 1. The van der Waals surface area contributed by atoms with Crippen LogP contribution in [0.1, 0.15) is 35.5 Å². The van der Waals surface area contributed by atoms with Crippen molar-refractivity contribution in [2.75, 3.05) is 0 Å². The van der Waals surface area contributed by atoms with Crippen LogP contribution in [0, 0.1) is 20.8 Å². The molecule has 0 saturated heterocycles. The molecule has 2 aromatic rings. The average molecular weight is 243 g/mol. The van der Waals surface area contributed by atoms with Crippen LogP contribution < -0.4 is 5.73 Å². The summed E-state index contributed by atoms with van der Waals surface area (Å²) < 4.78 is 2.17. The minimum Gasteiger partial charge on any atom is -0.326 e. The highest BCUT2D eigenvalue weighted by atomic mass is 15.1. The second-order valence-corrected chi connectivity index (χ2v) is 5.04. The molecule has 0 radical (unpaired) electrons. The molecule has 0 aliphatic carbocycles. The Balaban J connectivity index is 2.46. The fourth-order valence-electron chi connectivity index (χ4n) is 2.28. The Morgan fingerprint density at radius 2 is 1.72 bits per heavy atom. The molecule has 2 atom stereocenters. The van der Waals surface area contributed by atoms with Crippen molar-refractivity contribution < 1.29 is 0 Å². The van der Waals surface area contributed by atoms with Gasteiger partial charge in [0.15, 0.2) is 0 Å². The minimum atomic E-state index is 0.0417. The Hall–Kier alpha value is -1.61.